The molecule has 4 heteroatoms. The highest BCUT2D eigenvalue weighted by atomic mass is 16.5. The fourth-order valence-corrected chi connectivity index (χ4v) is 1.60. The lowest BCUT2D eigenvalue weighted by Gasteiger charge is -2.19. The molecule has 0 aliphatic rings. The molecule has 1 aromatic carbocycles. The lowest BCUT2D eigenvalue weighted by atomic mass is 10.1. The monoisotopic (exact) mass is 237 g/mol. The molecule has 0 aliphatic heterocycles. The number of hydrogen-bond donors (Lipinski definition) is 0. The quantitative estimate of drug-likeness (QED) is 0.789. The minimum atomic E-state index is -0.282. The number of methoxy groups -OCH3 is 2. The number of carbonyl (C=O) groups is 1. The highest BCUT2D eigenvalue weighted by Gasteiger charge is 2.10. The van der Waals surface area contributed by atoms with Gasteiger partial charge < -0.3 is 14.4 Å². The number of rotatable bonds is 5. The fourth-order valence-electron chi connectivity index (χ4n) is 1.60. The lowest BCUT2D eigenvalue weighted by molar-refractivity contribution is 0.126. The smallest absolute Gasteiger partial charge is 0.409 e. The van der Waals surface area contributed by atoms with Crippen molar-refractivity contribution in [1.82, 2.24) is 4.90 Å². The predicted molar refractivity (Wildman–Crippen MR) is 66.4 cm³/mol. The van der Waals surface area contributed by atoms with E-state index in [1.165, 1.54) is 7.11 Å². The number of nitrogens with zero attached hydrogens (tertiary/aromatic N) is 1. The zero-order valence-corrected chi connectivity index (χ0v) is 10.6. The predicted octanol–water partition coefficient (Wildman–Crippen LogP) is 2.33. The number of benzene rings is 1. The van der Waals surface area contributed by atoms with Gasteiger partial charge in [-0.25, -0.2) is 4.79 Å². The van der Waals surface area contributed by atoms with Crippen molar-refractivity contribution in [1.29, 1.82) is 0 Å². The molecule has 0 fully saturated rings. The van der Waals surface area contributed by atoms with Gasteiger partial charge in [-0.3, -0.25) is 0 Å². The number of ether oxygens (including phenoxy) is 2. The molecule has 0 unspecified atom stereocenters. The Bertz CT molecular complexity index is 365. The summed E-state index contributed by atoms with van der Waals surface area (Å²) in [5, 5.41) is 0. The summed E-state index contributed by atoms with van der Waals surface area (Å²) in [6.07, 6.45) is 0.510. The minimum Gasteiger partial charge on any atom is -0.497 e. The van der Waals surface area contributed by atoms with Crippen LogP contribution in [0.1, 0.15) is 12.5 Å². The third-order valence-corrected chi connectivity index (χ3v) is 2.62. The van der Waals surface area contributed by atoms with Crippen LogP contribution in [0.25, 0.3) is 0 Å². The van der Waals surface area contributed by atoms with Crippen LogP contribution >= 0.6 is 0 Å². The van der Waals surface area contributed by atoms with Gasteiger partial charge in [0.2, 0.25) is 0 Å². The van der Waals surface area contributed by atoms with Gasteiger partial charge in [-0.15, -0.1) is 0 Å². The average molecular weight is 237 g/mol. The average Bonchev–Trinajstić information content (AvgIpc) is 2.39. The Morgan fingerprint density at radius 3 is 2.71 bits per heavy atom. The van der Waals surface area contributed by atoms with Gasteiger partial charge >= 0.3 is 6.09 Å². The van der Waals surface area contributed by atoms with E-state index in [4.69, 9.17) is 9.47 Å². The molecule has 1 rings (SSSR count). The molecular formula is C13H19NO3. The van der Waals surface area contributed by atoms with Crippen molar-refractivity contribution in [2.45, 2.75) is 13.3 Å². The lowest BCUT2D eigenvalue weighted by Crippen LogP contribution is -2.32. The van der Waals surface area contributed by atoms with E-state index in [0.717, 1.165) is 17.7 Å². The van der Waals surface area contributed by atoms with Crippen LogP contribution in [-0.4, -0.2) is 38.3 Å². The Morgan fingerprint density at radius 1 is 1.35 bits per heavy atom. The Labute approximate surface area is 102 Å². The fraction of sp³-hybridized carbons (Fsp3) is 0.462. The van der Waals surface area contributed by atoms with E-state index in [1.807, 2.05) is 31.2 Å². The standard InChI is InChI=1S/C13H19NO3/c1-4-14(13(15)17-3)9-8-11-6-5-7-12(10-11)16-2/h5-7,10H,4,8-9H2,1-3H3. The zero-order chi connectivity index (χ0) is 12.7. The highest BCUT2D eigenvalue weighted by molar-refractivity contribution is 5.67. The van der Waals surface area contributed by atoms with Crippen molar-refractivity contribution in [3.63, 3.8) is 0 Å². The van der Waals surface area contributed by atoms with Crippen LogP contribution in [0.15, 0.2) is 24.3 Å². The molecule has 0 aromatic heterocycles. The minimum absolute atomic E-state index is 0.282. The molecular weight excluding hydrogens is 218 g/mol. The van der Waals surface area contributed by atoms with Crippen LogP contribution in [-0.2, 0) is 11.2 Å². The summed E-state index contributed by atoms with van der Waals surface area (Å²) >= 11 is 0. The van der Waals surface area contributed by atoms with Crippen molar-refractivity contribution < 1.29 is 14.3 Å². The van der Waals surface area contributed by atoms with Gasteiger partial charge in [-0.2, -0.15) is 0 Å². The van der Waals surface area contributed by atoms with Gasteiger partial charge in [0.1, 0.15) is 5.75 Å². The molecule has 0 aliphatic carbocycles. The van der Waals surface area contributed by atoms with E-state index >= 15 is 0 Å². The van der Waals surface area contributed by atoms with Crippen molar-refractivity contribution in [2.75, 3.05) is 27.3 Å². The molecule has 0 saturated carbocycles. The van der Waals surface area contributed by atoms with Crippen LogP contribution < -0.4 is 4.74 Å². The van der Waals surface area contributed by atoms with Gasteiger partial charge in [-0.1, -0.05) is 12.1 Å². The Balaban J connectivity index is 2.56. The summed E-state index contributed by atoms with van der Waals surface area (Å²) in [4.78, 5) is 13.0. The molecule has 0 atom stereocenters. The molecule has 0 spiro atoms. The van der Waals surface area contributed by atoms with Crippen LogP contribution in [0.5, 0.6) is 5.75 Å². The second kappa shape index (κ2) is 6.78. The maximum Gasteiger partial charge on any atom is 0.409 e. The highest BCUT2D eigenvalue weighted by Crippen LogP contribution is 2.13. The molecule has 94 valence electrons. The van der Waals surface area contributed by atoms with E-state index in [-0.39, 0.29) is 6.09 Å². The largest absolute Gasteiger partial charge is 0.497 e. The molecule has 0 radical (unpaired) electrons. The number of carbonyl (C=O) groups excluding carboxylic acids is 1. The first kappa shape index (κ1) is 13.4. The maximum atomic E-state index is 11.4. The van der Waals surface area contributed by atoms with Crippen LogP contribution in [0.4, 0.5) is 4.79 Å². The van der Waals surface area contributed by atoms with Crippen molar-refractivity contribution >= 4 is 6.09 Å². The van der Waals surface area contributed by atoms with E-state index in [0.29, 0.717) is 13.1 Å². The first-order valence-electron chi connectivity index (χ1n) is 5.67. The van der Waals surface area contributed by atoms with Crippen LogP contribution in [0.2, 0.25) is 0 Å². The van der Waals surface area contributed by atoms with Gasteiger partial charge in [-0.05, 0) is 31.0 Å². The third kappa shape index (κ3) is 3.98. The molecule has 1 amide bonds. The topological polar surface area (TPSA) is 38.8 Å². The SMILES string of the molecule is CCN(CCc1cccc(OC)c1)C(=O)OC. The molecule has 1 aromatic rings. The summed E-state index contributed by atoms with van der Waals surface area (Å²) in [5.74, 6) is 0.837. The normalized spacial score (nSPS) is 9.82. The van der Waals surface area contributed by atoms with Crippen molar-refractivity contribution in [3.05, 3.63) is 29.8 Å². The molecule has 17 heavy (non-hydrogen) atoms. The summed E-state index contributed by atoms with van der Waals surface area (Å²) in [6.45, 7) is 3.23. The van der Waals surface area contributed by atoms with E-state index in [1.54, 1.807) is 12.0 Å². The molecule has 0 saturated heterocycles. The summed E-state index contributed by atoms with van der Waals surface area (Å²) in [6, 6.07) is 7.85. The number of hydrogen-bond acceptors (Lipinski definition) is 3. The summed E-state index contributed by atoms with van der Waals surface area (Å²) in [7, 11) is 3.04. The third-order valence-electron chi connectivity index (χ3n) is 2.62. The van der Waals surface area contributed by atoms with Crippen LogP contribution in [0, 0.1) is 0 Å². The second-order valence-corrected chi connectivity index (χ2v) is 3.65. The summed E-state index contributed by atoms with van der Waals surface area (Å²) in [5.41, 5.74) is 1.15. The molecule has 0 N–H and O–H groups in total. The van der Waals surface area contributed by atoms with E-state index in [9.17, 15) is 4.79 Å². The van der Waals surface area contributed by atoms with E-state index < -0.39 is 0 Å². The van der Waals surface area contributed by atoms with E-state index in [2.05, 4.69) is 0 Å². The molecule has 0 bridgehead atoms. The first-order chi connectivity index (χ1) is 8.21. The second-order valence-electron chi connectivity index (χ2n) is 3.65. The summed E-state index contributed by atoms with van der Waals surface area (Å²) < 4.78 is 9.85. The number of amides is 1. The Morgan fingerprint density at radius 2 is 2.12 bits per heavy atom. The molecule has 4 nitrogen and oxygen atoms in total. The number of likely N-dealkylation sites (N-methyl/N-ethyl adjacent to an activating group) is 1. The van der Waals surface area contributed by atoms with Crippen molar-refractivity contribution in [2.24, 2.45) is 0 Å². The van der Waals surface area contributed by atoms with Gasteiger partial charge in [0, 0.05) is 13.1 Å². The van der Waals surface area contributed by atoms with Gasteiger partial charge in [0.25, 0.3) is 0 Å². The Kier molecular flexibility index (Phi) is 5.33. The zero-order valence-electron chi connectivity index (χ0n) is 10.6. The van der Waals surface area contributed by atoms with Gasteiger partial charge in [0.15, 0.2) is 0 Å². The Hall–Kier alpha value is -1.71. The van der Waals surface area contributed by atoms with Gasteiger partial charge in [0.05, 0.1) is 14.2 Å². The van der Waals surface area contributed by atoms with Crippen molar-refractivity contribution in [3.8, 4) is 5.75 Å². The maximum absolute atomic E-state index is 11.4. The van der Waals surface area contributed by atoms with Crippen LogP contribution in [0.3, 0.4) is 0 Å². The first-order valence-corrected chi connectivity index (χ1v) is 5.67. The molecule has 0 heterocycles.